The summed E-state index contributed by atoms with van der Waals surface area (Å²) < 4.78 is 11.0. The van der Waals surface area contributed by atoms with Crippen molar-refractivity contribution < 1.29 is 13.9 Å². The number of aromatic nitrogens is 3. The van der Waals surface area contributed by atoms with E-state index in [2.05, 4.69) is 20.5 Å². The molecule has 0 unspecified atom stereocenters. The standard InChI is InChI=1S/C18H16Cl2N4O3S/c1-3-26-12-6-4-11(5-7-12)17-23-24-18(27-17)28-9-14(25)22-16-15(20)10(2)13(19)8-21-16/h4-8H,3,9H2,1-2H3,(H,21,22,25). The highest BCUT2D eigenvalue weighted by molar-refractivity contribution is 7.99. The second kappa shape index (κ2) is 9.27. The molecule has 146 valence electrons. The fourth-order valence-electron chi connectivity index (χ4n) is 2.18. The van der Waals surface area contributed by atoms with Gasteiger partial charge in [0.15, 0.2) is 5.82 Å². The number of hydrogen-bond acceptors (Lipinski definition) is 7. The summed E-state index contributed by atoms with van der Waals surface area (Å²) in [4.78, 5) is 16.2. The molecule has 28 heavy (non-hydrogen) atoms. The van der Waals surface area contributed by atoms with Crippen LogP contribution in [0.25, 0.3) is 11.5 Å². The van der Waals surface area contributed by atoms with Crippen molar-refractivity contribution >= 4 is 46.7 Å². The van der Waals surface area contributed by atoms with Gasteiger partial charge in [-0.15, -0.1) is 10.2 Å². The van der Waals surface area contributed by atoms with Crippen LogP contribution in [-0.4, -0.2) is 33.4 Å². The molecular formula is C18H16Cl2N4O3S. The normalized spacial score (nSPS) is 10.7. The van der Waals surface area contributed by atoms with Crippen LogP contribution in [0.1, 0.15) is 12.5 Å². The summed E-state index contributed by atoms with van der Waals surface area (Å²) in [5, 5.41) is 11.6. The zero-order valence-electron chi connectivity index (χ0n) is 15.0. The highest BCUT2D eigenvalue weighted by atomic mass is 35.5. The lowest BCUT2D eigenvalue weighted by molar-refractivity contribution is -0.113. The van der Waals surface area contributed by atoms with Gasteiger partial charge < -0.3 is 14.5 Å². The zero-order chi connectivity index (χ0) is 20.1. The summed E-state index contributed by atoms with van der Waals surface area (Å²) in [5.74, 6) is 1.15. The second-order valence-electron chi connectivity index (χ2n) is 5.56. The zero-order valence-corrected chi connectivity index (χ0v) is 17.4. The molecule has 0 spiro atoms. The van der Waals surface area contributed by atoms with E-state index in [-0.39, 0.29) is 22.7 Å². The maximum atomic E-state index is 12.1. The van der Waals surface area contributed by atoms with E-state index in [1.807, 2.05) is 31.2 Å². The number of nitrogens with one attached hydrogen (secondary N) is 1. The Bertz CT molecular complexity index is 979. The van der Waals surface area contributed by atoms with E-state index in [0.717, 1.165) is 23.1 Å². The summed E-state index contributed by atoms with van der Waals surface area (Å²) in [5.41, 5.74) is 1.41. The Morgan fingerprint density at radius 1 is 1.25 bits per heavy atom. The first kappa shape index (κ1) is 20.4. The van der Waals surface area contributed by atoms with Crippen molar-refractivity contribution in [2.75, 3.05) is 17.7 Å². The van der Waals surface area contributed by atoms with Crippen LogP contribution in [0.3, 0.4) is 0 Å². The highest BCUT2D eigenvalue weighted by Gasteiger charge is 2.14. The van der Waals surface area contributed by atoms with E-state index in [1.54, 1.807) is 6.92 Å². The molecule has 2 aromatic heterocycles. The first-order chi connectivity index (χ1) is 13.5. The molecular weight excluding hydrogens is 423 g/mol. The molecule has 1 amide bonds. The van der Waals surface area contributed by atoms with Crippen LogP contribution in [0.2, 0.25) is 10.0 Å². The van der Waals surface area contributed by atoms with Crippen molar-refractivity contribution in [1.29, 1.82) is 0 Å². The molecule has 0 atom stereocenters. The third-order valence-corrected chi connectivity index (χ3v) is 5.27. The number of carbonyl (C=O) groups is 1. The Balaban J connectivity index is 1.58. The van der Waals surface area contributed by atoms with Crippen molar-refractivity contribution in [3.63, 3.8) is 0 Å². The third kappa shape index (κ3) is 4.95. The largest absolute Gasteiger partial charge is 0.494 e. The van der Waals surface area contributed by atoms with Gasteiger partial charge in [-0.25, -0.2) is 4.98 Å². The van der Waals surface area contributed by atoms with Crippen LogP contribution in [-0.2, 0) is 4.79 Å². The fraction of sp³-hybridized carbons (Fsp3) is 0.222. The number of amides is 1. The molecule has 0 aliphatic rings. The van der Waals surface area contributed by atoms with E-state index >= 15 is 0 Å². The smallest absolute Gasteiger partial charge is 0.277 e. The number of thioether (sulfide) groups is 1. The Labute approximate surface area is 175 Å². The van der Waals surface area contributed by atoms with E-state index < -0.39 is 0 Å². The predicted molar refractivity (Wildman–Crippen MR) is 109 cm³/mol. The average molecular weight is 439 g/mol. The first-order valence-corrected chi connectivity index (χ1v) is 10.0. The average Bonchev–Trinajstić information content (AvgIpc) is 3.17. The van der Waals surface area contributed by atoms with Gasteiger partial charge in [0.1, 0.15) is 5.75 Å². The van der Waals surface area contributed by atoms with Gasteiger partial charge >= 0.3 is 0 Å². The molecule has 1 N–H and O–H groups in total. The van der Waals surface area contributed by atoms with E-state index in [0.29, 0.717) is 28.1 Å². The molecule has 0 radical (unpaired) electrons. The van der Waals surface area contributed by atoms with Gasteiger partial charge in [-0.1, -0.05) is 35.0 Å². The lowest BCUT2D eigenvalue weighted by atomic mass is 10.2. The molecule has 0 saturated carbocycles. The summed E-state index contributed by atoms with van der Waals surface area (Å²) in [6.07, 6.45) is 1.44. The number of halogens is 2. The Kier molecular flexibility index (Phi) is 6.77. The molecule has 0 fully saturated rings. The highest BCUT2D eigenvalue weighted by Crippen LogP contribution is 2.29. The molecule has 2 heterocycles. The molecule has 0 saturated heterocycles. The lowest BCUT2D eigenvalue weighted by Gasteiger charge is -2.08. The number of nitrogens with zero attached hydrogens (tertiary/aromatic N) is 3. The molecule has 0 aliphatic heterocycles. The van der Waals surface area contributed by atoms with Crippen molar-refractivity contribution in [3.05, 3.63) is 46.1 Å². The summed E-state index contributed by atoms with van der Waals surface area (Å²) >= 11 is 13.2. The molecule has 7 nitrogen and oxygen atoms in total. The van der Waals surface area contributed by atoms with Gasteiger partial charge in [-0.2, -0.15) is 0 Å². The first-order valence-electron chi connectivity index (χ1n) is 8.28. The number of benzene rings is 1. The van der Waals surface area contributed by atoms with Crippen molar-refractivity contribution in [2.24, 2.45) is 0 Å². The quantitative estimate of drug-likeness (QED) is 0.525. The summed E-state index contributed by atoms with van der Waals surface area (Å²) in [6.45, 7) is 4.26. The lowest BCUT2D eigenvalue weighted by Crippen LogP contribution is -2.15. The number of pyridine rings is 1. The molecule has 3 aromatic rings. The maximum Gasteiger partial charge on any atom is 0.277 e. The van der Waals surface area contributed by atoms with Gasteiger partial charge in [-0.3, -0.25) is 4.79 Å². The van der Waals surface area contributed by atoms with Crippen LogP contribution < -0.4 is 10.1 Å². The van der Waals surface area contributed by atoms with Crippen LogP contribution in [0.5, 0.6) is 5.75 Å². The van der Waals surface area contributed by atoms with Crippen molar-refractivity contribution in [2.45, 2.75) is 19.1 Å². The number of ether oxygens (including phenoxy) is 1. The van der Waals surface area contributed by atoms with Crippen LogP contribution >= 0.6 is 35.0 Å². The predicted octanol–water partition coefficient (Wildman–Crippen LogP) is 4.88. The van der Waals surface area contributed by atoms with Gasteiger partial charge in [0.25, 0.3) is 5.22 Å². The topological polar surface area (TPSA) is 90.1 Å². The summed E-state index contributed by atoms with van der Waals surface area (Å²) in [6, 6.07) is 7.31. The molecule has 3 rings (SSSR count). The minimum Gasteiger partial charge on any atom is -0.494 e. The van der Waals surface area contributed by atoms with E-state index in [1.165, 1.54) is 6.20 Å². The minimum atomic E-state index is -0.304. The van der Waals surface area contributed by atoms with Gasteiger partial charge in [-0.05, 0) is 43.7 Å². The van der Waals surface area contributed by atoms with Crippen molar-refractivity contribution in [3.8, 4) is 17.2 Å². The Hall–Kier alpha value is -2.29. The molecule has 10 heteroatoms. The van der Waals surface area contributed by atoms with Crippen molar-refractivity contribution in [1.82, 2.24) is 15.2 Å². The SMILES string of the molecule is CCOc1ccc(-c2nnc(SCC(=O)Nc3ncc(Cl)c(C)c3Cl)o2)cc1. The molecule has 1 aromatic carbocycles. The molecule has 0 bridgehead atoms. The van der Waals surface area contributed by atoms with Crippen LogP contribution in [0.4, 0.5) is 5.82 Å². The number of anilines is 1. The Morgan fingerprint density at radius 2 is 2.00 bits per heavy atom. The number of hydrogen-bond donors (Lipinski definition) is 1. The number of carbonyl (C=O) groups excluding carboxylic acids is 1. The monoisotopic (exact) mass is 438 g/mol. The van der Waals surface area contributed by atoms with Gasteiger partial charge in [0.05, 0.1) is 22.4 Å². The third-order valence-electron chi connectivity index (χ3n) is 3.61. The van der Waals surface area contributed by atoms with E-state index in [4.69, 9.17) is 32.4 Å². The fourth-order valence-corrected chi connectivity index (χ4v) is 3.14. The molecule has 0 aliphatic carbocycles. The Morgan fingerprint density at radius 3 is 2.71 bits per heavy atom. The number of rotatable bonds is 7. The summed E-state index contributed by atoms with van der Waals surface area (Å²) in [7, 11) is 0. The van der Waals surface area contributed by atoms with Gasteiger partial charge in [0.2, 0.25) is 11.8 Å². The minimum absolute atomic E-state index is 0.0601. The van der Waals surface area contributed by atoms with Crippen LogP contribution in [0, 0.1) is 6.92 Å². The van der Waals surface area contributed by atoms with E-state index in [9.17, 15) is 4.79 Å². The van der Waals surface area contributed by atoms with Crippen LogP contribution in [0.15, 0.2) is 40.1 Å². The maximum absolute atomic E-state index is 12.1. The van der Waals surface area contributed by atoms with Gasteiger partial charge in [0, 0.05) is 11.8 Å². The second-order valence-corrected chi connectivity index (χ2v) is 7.27.